The zero-order valence-corrected chi connectivity index (χ0v) is 18.0. The molecule has 0 N–H and O–H groups in total. The van der Waals surface area contributed by atoms with Gasteiger partial charge in [-0.05, 0) is 64.6 Å². The van der Waals surface area contributed by atoms with Gasteiger partial charge in [-0.1, -0.05) is 91.3 Å². The van der Waals surface area contributed by atoms with Crippen LogP contribution in [-0.2, 0) is 6.42 Å². The van der Waals surface area contributed by atoms with Crippen LogP contribution >= 0.6 is 0 Å². The number of hydrogen-bond acceptors (Lipinski definition) is 1. The summed E-state index contributed by atoms with van der Waals surface area (Å²) < 4.78 is 0. The highest BCUT2D eigenvalue weighted by Gasteiger charge is 2.05. The summed E-state index contributed by atoms with van der Waals surface area (Å²) in [4.78, 5) is 4.70. The van der Waals surface area contributed by atoms with Crippen molar-refractivity contribution in [1.29, 1.82) is 0 Å². The van der Waals surface area contributed by atoms with Gasteiger partial charge in [-0.15, -0.1) is 0 Å². The molecule has 0 amide bonds. The number of nitrogens with zero attached hydrogens (tertiary/aromatic N) is 1. The first-order valence-electron chi connectivity index (χ1n) is 10.9. The Morgan fingerprint density at radius 3 is 1.68 bits per heavy atom. The van der Waals surface area contributed by atoms with E-state index in [0.717, 1.165) is 23.2 Å². The van der Waals surface area contributed by atoms with Crippen LogP contribution in [0.3, 0.4) is 0 Å². The van der Waals surface area contributed by atoms with E-state index in [4.69, 9.17) is 4.98 Å². The number of aromatic nitrogens is 1. The first-order chi connectivity index (χ1) is 15.2. The maximum atomic E-state index is 4.70. The van der Waals surface area contributed by atoms with Crippen molar-refractivity contribution in [3.05, 3.63) is 114 Å². The summed E-state index contributed by atoms with van der Waals surface area (Å²) in [6.07, 6.45) is 3.04. The van der Waals surface area contributed by atoms with Crippen LogP contribution in [0.4, 0.5) is 0 Å². The molecule has 0 bridgehead atoms. The molecule has 0 atom stereocenters. The fraction of sp³-hybridized carbons (Fsp3) is 0.100. The van der Waals surface area contributed by atoms with Crippen LogP contribution in [0.2, 0.25) is 0 Å². The van der Waals surface area contributed by atoms with E-state index in [9.17, 15) is 0 Å². The second-order valence-corrected chi connectivity index (χ2v) is 8.13. The molecule has 1 aromatic heterocycles. The molecule has 0 aliphatic carbocycles. The maximum Gasteiger partial charge on any atom is 0.0702 e. The van der Waals surface area contributed by atoms with Gasteiger partial charge in [0.05, 0.1) is 5.69 Å². The number of pyridine rings is 1. The summed E-state index contributed by atoms with van der Waals surface area (Å²) in [6, 6.07) is 35.0. The van der Waals surface area contributed by atoms with Crippen molar-refractivity contribution in [1.82, 2.24) is 4.98 Å². The van der Waals surface area contributed by atoms with Crippen molar-refractivity contribution >= 4 is 10.8 Å². The Morgan fingerprint density at radius 2 is 1.10 bits per heavy atom. The van der Waals surface area contributed by atoms with Gasteiger partial charge in [0.1, 0.15) is 0 Å². The largest absolute Gasteiger partial charge is 0.256 e. The van der Waals surface area contributed by atoms with Crippen molar-refractivity contribution in [3.8, 4) is 33.5 Å². The van der Waals surface area contributed by atoms with E-state index in [1.807, 2.05) is 6.20 Å². The standard InChI is InChI=1S/C30H25N/c1-3-22-6-10-23(11-7-22)25-12-13-27-19-28(15-14-26(27)18-25)29-16-17-30(31-20-29)24-8-4-21(2)5-9-24/h4-20H,3H2,1-2H3. The molecule has 0 aliphatic rings. The van der Waals surface area contributed by atoms with Crippen LogP contribution in [0.5, 0.6) is 0 Å². The van der Waals surface area contributed by atoms with Crippen molar-refractivity contribution in [2.24, 2.45) is 0 Å². The lowest BCUT2D eigenvalue weighted by atomic mass is 9.97. The second-order valence-electron chi connectivity index (χ2n) is 8.13. The van der Waals surface area contributed by atoms with Gasteiger partial charge in [-0.25, -0.2) is 0 Å². The summed E-state index contributed by atoms with van der Waals surface area (Å²) in [5.41, 5.74) is 9.63. The van der Waals surface area contributed by atoms with Crippen LogP contribution in [-0.4, -0.2) is 4.98 Å². The Morgan fingerprint density at radius 1 is 0.548 bits per heavy atom. The number of benzene rings is 4. The van der Waals surface area contributed by atoms with Gasteiger partial charge in [0.15, 0.2) is 0 Å². The fourth-order valence-electron chi connectivity index (χ4n) is 4.00. The summed E-state index contributed by atoms with van der Waals surface area (Å²) in [7, 11) is 0. The number of aryl methyl sites for hydroxylation is 2. The number of hydrogen-bond donors (Lipinski definition) is 0. The van der Waals surface area contributed by atoms with Crippen LogP contribution in [0.25, 0.3) is 44.3 Å². The Hall–Kier alpha value is -3.71. The molecule has 0 fully saturated rings. The summed E-state index contributed by atoms with van der Waals surface area (Å²) in [5, 5.41) is 2.50. The lowest BCUT2D eigenvalue weighted by Gasteiger charge is -2.08. The Kier molecular flexibility index (Phi) is 5.09. The molecule has 4 aromatic carbocycles. The first-order valence-corrected chi connectivity index (χ1v) is 10.9. The van der Waals surface area contributed by atoms with Crippen molar-refractivity contribution in [2.45, 2.75) is 20.3 Å². The average Bonchev–Trinajstić information content (AvgIpc) is 2.84. The van der Waals surface area contributed by atoms with E-state index in [1.165, 1.54) is 38.6 Å². The molecular formula is C30H25N. The molecule has 0 aliphatic heterocycles. The minimum atomic E-state index is 1.00. The molecule has 0 radical (unpaired) electrons. The topological polar surface area (TPSA) is 12.9 Å². The average molecular weight is 400 g/mol. The second kappa shape index (κ2) is 8.20. The lowest BCUT2D eigenvalue weighted by molar-refractivity contribution is 1.14. The molecule has 1 nitrogen and oxygen atoms in total. The molecule has 0 spiro atoms. The molecule has 0 saturated heterocycles. The van der Waals surface area contributed by atoms with E-state index < -0.39 is 0 Å². The predicted octanol–water partition coefficient (Wildman–Crippen LogP) is 8.11. The third-order valence-corrected chi connectivity index (χ3v) is 5.98. The van der Waals surface area contributed by atoms with Crippen LogP contribution in [0.1, 0.15) is 18.1 Å². The summed E-state index contributed by atoms with van der Waals surface area (Å²) >= 11 is 0. The molecule has 31 heavy (non-hydrogen) atoms. The Labute approximate surface area is 184 Å². The molecule has 5 aromatic rings. The SMILES string of the molecule is CCc1ccc(-c2ccc3cc(-c4ccc(-c5ccc(C)cc5)nc4)ccc3c2)cc1. The van der Waals surface area contributed by atoms with Gasteiger partial charge < -0.3 is 0 Å². The quantitative estimate of drug-likeness (QED) is 0.297. The van der Waals surface area contributed by atoms with Crippen molar-refractivity contribution in [3.63, 3.8) is 0 Å². The van der Waals surface area contributed by atoms with Crippen LogP contribution in [0, 0.1) is 6.92 Å². The molecule has 0 unspecified atom stereocenters. The van der Waals surface area contributed by atoms with E-state index in [1.54, 1.807) is 0 Å². The highest BCUT2D eigenvalue weighted by Crippen LogP contribution is 2.29. The monoisotopic (exact) mass is 399 g/mol. The highest BCUT2D eigenvalue weighted by atomic mass is 14.7. The fourth-order valence-corrected chi connectivity index (χ4v) is 4.00. The van der Waals surface area contributed by atoms with E-state index >= 15 is 0 Å². The summed E-state index contributed by atoms with van der Waals surface area (Å²) in [5.74, 6) is 0. The molecular weight excluding hydrogens is 374 g/mol. The predicted molar refractivity (Wildman–Crippen MR) is 132 cm³/mol. The summed E-state index contributed by atoms with van der Waals surface area (Å²) in [6.45, 7) is 4.29. The Balaban J connectivity index is 1.43. The van der Waals surface area contributed by atoms with Gasteiger partial charge in [-0.3, -0.25) is 4.98 Å². The molecule has 5 rings (SSSR count). The van der Waals surface area contributed by atoms with E-state index in [0.29, 0.717) is 0 Å². The van der Waals surface area contributed by atoms with Gasteiger partial charge >= 0.3 is 0 Å². The molecule has 1 heteroatoms. The third-order valence-electron chi connectivity index (χ3n) is 5.98. The van der Waals surface area contributed by atoms with Crippen molar-refractivity contribution < 1.29 is 0 Å². The van der Waals surface area contributed by atoms with Gasteiger partial charge in [-0.2, -0.15) is 0 Å². The number of rotatable bonds is 4. The molecule has 150 valence electrons. The van der Waals surface area contributed by atoms with Gasteiger partial charge in [0.25, 0.3) is 0 Å². The maximum absolute atomic E-state index is 4.70. The highest BCUT2D eigenvalue weighted by molar-refractivity contribution is 5.90. The minimum Gasteiger partial charge on any atom is -0.256 e. The van der Waals surface area contributed by atoms with Gasteiger partial charge in [0, 0.05) is 17.3 Å². The minimum absolute atomic E-state index is 1.00. The van der Waals surface area contributed by atoms with Crippen LogP contribution < -0.4 is 0 Å². The number of fused-ring (bicyclic) bond motifs is 1. The van der Waals surface area contributed by atoms with E-state index in [-0.39, 0.29) is 0 Å². The van der Waals surface area contributed by atoms with Gasteiger partial charge in [0.2, 0.25) is 0 Å². The molecule has 1 heterocycles. The van der Waals surface area contributed by atoms with Crippen LogP contribution in [0.15, 0.2) is 103 Å². The zero-order chi connectivity index (χ0) is 21.2. The molecule has 0 saturated carbocycles. The van der Waals surface area contributed by atoms with Crippen molar-refractivity contribution in [2.75, 3.05) is 0 Å². The Bertz CT molecular complexity index is 1330. The first kappa shape index (κ1) is 19.3. The third kappa shape index (κ3) is 4.00. The smallest absolute Gasteiger partial charge is 0.0702 e. The zero-order valence-electron chi connectivity index (χ0n) is 18.0. The van der Waals surface area contributed by atoms with E-state index in [2.05, 4.69) is 111 Å². The normalized spacial score (nSPS) is 11.0. The lowest BCUT2D eigenvalue weighted by Crippen LogP contribution is -1.86.